The van der Waals surface area contributed by atoms with E-state index in [0.717, 1.165) is 12.8 Å². The van der Waals surface area contributed by atoms with E-state index in [1.165, 1.54) is 0 Å². The van der Waals surface area contributed by atoms with Crippen molar-refractivity contribution in [3.8, 4) is 0 Å². The summed E-state index contributed by atoms with van der Waals surface area (Å²) in [5, 5.41) is -0.836. The smallest absolute Gasteiger partial charge is 0.267 e. The van der Waals surface area contributed by atoms with Crippen molar-refractivity contribution in [3.05, 3.63) is 0 Å². The fraction of sp³-hybridized carbons (Fsp3) is 1.00. The molecular weight excluding hydrogens is 281 g/mol. The van der Waals surface area contributed by atoms with Gasteiger partial charge in [0.1, 0.15) is 5.67 Å². The Kier molecular flexibility index (Phi) is 4.76. The second kappa shape index (κ2) is 5.89. The van der Waals surface area contributed by atoms with E-state index in [9.17, 15) is 17.4 Å². The minimum Gasteiger partial charge on any atom is -0.330 e. The molecule has 0 spiro atoms. The highest BCUT2D eigenvalue weighted by molar-refractivity contribution is 7.86. The van der Waals surface area contributed by atoms with Crippen LogP contribution in [0.25, 0.3) is 0 Å². The van der Waals surface area contributed by atoms with Crippen molar-refractivity contribution in [2.45, 2.75) is 62.8 Å². The molecule has 2 aliphatic carbocycles. The zero-order chi connectivity index (χ0) is 15.0. The van der Waals surface area contributed by atoms with Gasteiger partial charge in [0, 0.05) is 0 Å². The second-order valence-electron chi connectivity index (χ2n) is 7.02. The number of nitrogens with two attached hydrogens (primary N) is 1. The number of hydrogen-bond acceptors (Lipinski definition) is 3. The summed E-state index contributed by atoms with van der Waals surface area (Å²) in [4.78, 5) is 0. The summed E-state index contributed by atoms with van der Waals surface area (Å²) in [7, 11) is -4.08. The Morgan fingerprint density at radius 1 is 1.35 bits per heavy atom. The summed E-state index contributed by atoms with van der Waals surface area (Å²) in [6.07, 6.45) is 4.16. The van der Waals surface area contributed by atoms with Crippen LogP contribution in [0.2, 0.25) is 0 Å². The molecule has 2 aliphatic rings. The first-order valence-corrected chi connectivity index (χ1v) is 9.07. The van der Waals surface area contributed by atoms with Crippen LogP contribution in [-0.4, -0.2) is 30.4 Å². The Morgan fingerprint density at radius 2 is 2.05 bits per heavy atom. The van der Waals surface area contributed by atoms with Gasteiger partial charge in [0.15, 0.2) is 0 Å². The van der Waals surface area contributed by atoms with E-state index in [-0.39, 0.29) is 18.9 Å². The molecular formula is C14H26FNO3S. The lowest BCUT2D eigenvalue weighted by Crippen LogP contribution is -2.43. The number of fused-ring (bicyclic) bond motifs is 2. The minimum absolute atomic E-state index is 0.0460. The average molecular weight is 307 g/mol. The third-order valence-electron chi connectivity index (χ3n) is 4.93. The lowest BCUT2D eigenvalue weighted by atomic mass is 9.62. The summed E-state index contributed by atoms with van der Waals surface area (Å²) in [6, 6.07) is 0. The molecule has 3 N–H and O–H groups in total. The Balaban J connectivity index is 2.03. The van der Waals surface area contributed by atoms with Crippen LogP contribution in [0.5, 0.6) is 0 Å². The van der Waals surface area contributed by atoms with Gasteiger partial charge in [0.25, 0.3) is 10.1 Å². The van der Waals surface area contributed by atoms with Crippen molar-refractivity contribution in [1.29, 1.82) is 0 Å². The van der Waals surface area contributed by atoms with Crippen molar-refractivity contribution in [2.24, 2.45) is 23.5 Å². The Morgan fingerprint density at radius 3 is 2.60 bits per heavy atom. The first-order chi connectivity index (χ1) is 9.22. The quantitative estimate of drug-likeness (QED) is 0.765. The largest absolute Gasteiger partial charge is 0.330 e. The number of halogens is 1. The van der Waals surface area contributed by atoms with Gasteiger partial charge in [0.05, 0.1) is 5.25 Å². The van der Waals surface area contributed by atoms with Crippen LogP contribution in [0.4, 0.5) is 4.39 Å². The van der Waals surface area contributed by atoms with Crippen LogP contribution in [0.15, 0.2) is 0 Å². The maximum absolute atomic E-state index is 14.8. The number of rotatable bonds is 5. The van der Waals surface area contributed by atoms with Crippen molar-refractivity contribution >= 4 is 10.1 Å². The molecule has 0 aromatic heterocycles. The fourth-order valence-electron chi connectivity index (χ4n) is 4.50. The monoisotopic (exact) mass is 307 g/mol. The lowest BCUT2D eigenvalue weighted by Gasteiger charge is -2.46. The van der Waals surface area contributed by atoms with E-state index in [2.05, 4.69) is 6.92 Å². The fourth-order valence-corrected chi connectivity index (χ4v) is 5.45. The normalized spacial score (nSPS) is 39.5. The summed E-state index contributed by atoms with van der Waals surface area (Å²) in [5.74, 6) is 0.827. The molecule has 0 aromatic rings. The summed E-state index contributed by atoms with van der Waals surface area (Å²) in [6.45, 7) is 2.31. The van der Waals surface area contributed by atoms with E-state index < -0.39 is 21.0 Å². The van der Waals surface area contributed by atoms with Gasteiger partial charge in [-0.3, -0.25) is 4.55 Å². The third-order valence-corrected chi connectivity index (χ3v) is 6.20. The van der Waals surface area contributed by atoms with Crippen molar-refractivity contribution < 1.29 is 17.4 Å². The van der Waals surface area contributed by atoms with Crippen LogP contribution in [0.3, 0.4) is 0 Å². The van der Waals surface area contributed by atoms with Gasteiger partial charge in [-0.2, -0.15) is 8.42 Å². The highest BCUT2D eigenvalue weighted by Crippen LogP contribution is 2.50. The Labute approximate surface area is 121 Å². The molecule has 20 heavy (non-hydrogen) atoms. The summed E-state index contributed by atoms with van der Waals surface area (Å²) >= 11 is 0. The molecule has 2 bridgehead atoms. The van der Waals surface area contributed by atoms with Crippen LogP contribution in [0.1, 0.15) is 51.9 Å². The standard InChI is InChI=1S/C14H26FNO3S/c1-10-4-11-5-12(9-14(15,7-10)8-11)6-13(2-3-16)20(17,18)19/h10-13H,2-9,16H2,1H3,(H,17,18,19). The Hall–Kier alpha value is -0.200. The molecule has 118 valence electrons. The van der Waals surface area contributed by atoms with Gasteiger partial charge in [0.2, 0.25) is 0 Å². The van der Waals surface area contributed by atoms with Gasteiger partial charge in [-0.05, 0) is 69.2 Å². The van der Waals surface area contributed by atoms with Crippen LogP contribution in [-0.2, 0) is 10.1 Å². The predicted molar refractivity (Wildman–Crippen MR) is 76.7 cm³/mol. The molecule has 5 unspecified atom stereocenters. The molecule has 4 nitrogen and oxygen atoms in total. The molecule has 0 saturated heterocycles. The summed E-state index contributed by atoms with van der Waals surface area (Å²) in [5.41, 5.74) is 4.29. The molecule has 0 aromatic carbocycles. The predicted octanol–water partition coefficient (Wildman–Crippen LogP) is 2.54. The molecule has 5 atom stereocenters. The highest BCUT2D eigenvalue weighted by Gasteiger charge is 2.46. The molecule has 2 fully saturated rings. The topological polar surface area (TPSA) is 80.4 Å². The molecule has 2 rings (SSSR count). The van der Waals surface area contributed by atoms with Crippen molar-refractivity contribution in [2.75, 3.05) is 6.54 Å². The van der Waals surface area contributed by atoms with Gasteiger partial charge in [-0.1, -0.05) is 6.92 Å². The van der Waals surface area contributed by atoms with Gasteiger partial charge < -0.3 is 5.73 Å². The maximum atomic E-state index is 14.8. The average Bonchev–Trinajstić information content (AvgIpc) is 2.23. The van der Waals surface area contributed by atoms with Crippen LogP contribution >= 0.6 is 0 Å². The van der Waals surface area contributed by atoms with Gasteiger partial charge >= 0.3 is 0 Å². The van der Waals surface area contributed by atoms with Crippen molar-refractivity contribution in [1.82, 2.24) is 0 Å². The number of hydrogen-bond donors (Lipinski definition) is 2. The molecule has 6 heteroatoms. The minimum atomic E-state index is -4.08. The zero-order valence-electron chi connectivity index (χ0n) is 12.1. The van der Waals surface area contributed by atoms with Gasteiger partial charge in [-0.25, -0.2) is 4.39 Å². The van der Waals surface area contributed by atoms with E-state index in [1.54, 1.807) is 0 Å². The molecule has 2 saturated carbocycles. The maximum Gasteiger partial charge on any atom is 0.267 e. The lowest BCUT2D eigenvalue weighted by molar-refractivity contribution is -0.0204. The zero-order valence-corrected chi connectivity index (χ0v) is 12.9. The summed E-state index contributed by atoms with van der Waals surface area (Å²) < 4.78 is 46.8. The first-order valence-electron chi connectivity index (χ1n) is 7.57. The molecule has 0 heterocycles. The second-order valence-corrected chi connectivity index (χ2v) is 8.72. The van der Waals surface area contributed by atoms with Gasteiger partial charge in [-0.15, -0.1) is 0 Å². The third kappa shape index (κ3) is 3.92. The van der Waals surface area contributed by atoms with E-state index >= 15 is 0 Å². The van der Waals surface area contributed by atoms with Crippen LogP contribution < -0.4 is 5.73 Å². The van der Waals surface area contributed by atoms with E-state index in [1.807, 2.05) is 0 Å². The Bertz CT molecular complexity index is 438. The van der Waals surface area contributed by atoms with Crippen molar-refractivity contribution in [3.63, 3.8) is 0 Å². The first kappa shape index (κ1) is 16.2. The molecule has 0 radical (unpaired) electrons. The SMILES string of the molecule is CC1CC2CC(CC(CCN)S(=O)(=O)O)CC(F)(C1)C2. The molecule has 0 amide bonds. The van der Waals surface area contributed by atoms with E-state index in [0.29, 0.717) is 37.5 Å². The van der Waals surface area contributed by atoms with Crippen LogP contribution in [0, 0.1) is 17.8 Å². The number of alkyl halides is 1. The highest BCUT2D eigenvalue weighted by atomic mass is 32.2. The molecule has 0 aliphatic heterocycles. The van der Waals surface area contributed by atoms with E-state index in [4.69, 9.17) is 5.73 Å².